The maximum Gasteiger partial charge on any atom is 0.310 e. The third-order valence-electron chi connectivity index (χ3n) is 5.33. The highest BCUT2D eigenvalue weighted by Gasteiger charge is 2.23. The number of halogens is 1. The predicted octanol–water partition coefficient (Wildman–Crippen LogP) is 2.51. The van der Waals surface area contributed by atoms with Crippen LogP contribution in [-0.2, 0) is 27.2 Å². The molecule has 1 saturated carbocycles. The SMILES string of the molecule is COC(=O)Cc1c(Cl)nc(Cc2ccc(N)cc2)nc1N(C)CC(=O)NC1CCCC1. The number of anilines is 2. The molecule has 166 valence electrons. The van der Waals surface area contributed by atoms with Gasteiger partial charge in [0.2, 0.25) is 5.91 Å². The van der Waals surface area contributed by atoms with Crippen LogP contribution in [0.4, 0.5) is 11.5 Å². The molecule has 3 rings (SSSR count). The second-order valence-electron chi connectivity index (χ2n) is 7.81. The fourth-order valence-corrected chi connectivity index (χ4v) is 3.95. The van der Waals surface area contributed by atoms with Gasteiger partial charge in [0.05, 0.1) is 20.1 Å². The van der Waals surface area contributed by atoms with E-state index in [0.29, 0.717) is 29.3 Å². The summed E-state index contributed by atoms with van der Waals surface area (Å²) < 4.78 is 4.79. The highest BCUT2D eigenvalue weighted by Crippen LogP contribution is 2.26. The first-order valence-corrected chi connectivity index (χ1v) is 10.7. The number of rotatable bonds is 8. The number of aromatic nitrogens is 2. The van der Waals surface area contributed by atoms with Crippen LogP contribution in [0, 0.1) is 0 Å². The number of esters is 1. The van der Waals surface area contributed by atoms with Crippen molar-refractivity contribution in [1.29, 1.82) is 0 Å². The van der Waals surface area contributed by atoms with E-state index in [-0.39, 0.29) is 30.1 Å². The minimum atomic E-state index is -0.457. The van der Waals surface area contributed by atoms with Crippen molar-refractivity contribution in [2.24, 2.45) is 0 Å². The molecule has 3 N–H and O–H groups in total. The van der Waals surface area contributed by atoms with E-state index in [1.807, 2.05) is 24.3 Å². The van der Waals surface area contributed by atoms with Gasteiger partial charge in [0, 0.05) is 30.8 Å². The Morgan fingerprint density at radius 2 is 1.90 bits per heavy atom. The lowest BCUT2D eigenvalue weighted by atomic mass is 10.1. The Balaban J connectivity index is 1.84. The molecule has 8 nitrogen and oxygen atoms in total. The van der Waals surface area contributed by atoms with Crippen LogP contribution >= 0.6 is 11.6 Å². The fourth-order valence-electron chi connectivity index (χ4n) is 3.70. The number of nitrogens with zero attached hydrogens (tertiary/aromatic N) is 3. The summed E-state index contributed by atoms with van der Waals surface area (Å²) in [4.78, 5) is 35.2. The Kier molecular flexibility index (Phi) is 7.68. The van der Waals surface area contributed by atoms with Gasteiger partial charge < -0.3 is 20.7 Å². The molecule has 1 fully saturated rings. The molecule has 0 atom stereocenters. The molecule has 1 aromatic heterocycles. The Morgan fingerprint density at radius 3 is 2.55 bits per heavy atom. The Bertz CT molecular complexity index is 929. The molecule has 9 heteroatoms. The van der Waals surface area contributed by atoms with Crippen LogP contribution in [0.3, 0.4) is 0 Å². The van der Waals surface area contributed by atoms with E-state index in [1.165, 1.54) is 7.11 Å². The first kappa shape index (κ1) is 22.8. The zero-order valence-corrected chi connectivity index (χ0v) is 18.6. The van der Waals surface area contributed by atoms with Gasteiger partial charge in [-0.2, -0.15) is 0 Å². The lowest BCUT2D eigenvalue weighted by molar-refractivity contribution is -0.139. The number of nitrogens with two attached hydrogens (primary N) is 1. The zero-order chi connectivity index (χ0) is 22.4. The molecule has 1 heterocycles. The molecule has 2 aromatic rings. The molecule has 1 aliphatic rings. The number of ether oxygens (including phenoxy) is 1. The van der Waals surface area contributed by atoms with Gasteiger partial charge in [-0.25, -0.2) is 9.97 Å². The smallest absolute Gasteiger partial charge is 0.310 e. The third-order valence-corrected chi connectivity index (χ3v) is 5.65. The van der Waals surface area contributed by atoms with Crippen molar-refractivity contribution >= 4 is 35.0 Å². The van der Waals surface area contributed by atoms with E-state index in [4.69, 9.17) is 22.1 Å². The minimum absolute atomic E-state index is 0.0819. The van der Waals surface area contributed by atoms with Gasteiger partial charge in [-0.1, -0.05) is 36.6 Å². The Morgan fingerprint density at radius 1 is 1.23 bits per heavy atom. The molecule has 0 saturated heterocycles. The number of nitrogens with one attached hydrogen (secondary N) is 1. The van der Waals surface area contributed by atoms with Gasteiger partial charge in [0.25, 0.3) is 0 Å². The maximum absolute atomic E-state index is 12.5. The van der Waals surface area contributed by atoms with Crippen LogP contribution in [0.25, 0.3) is 0 Å². The topological polar surface area (TPSA) is 110 Å². The third kappa shape index (κ3) is 6.30. The maximum atomic E-state index is 12.5. The van der Waals surface area contributed by atoms with E-state index < -0.39 is 5.97 Å². The number of methoxy groups -OCH3 is 1. The second-order valence-corrected chi connectivity index (χ2v) is 8.17. The van der Waals surface area contributed by atoms with Crippen LogP contribution in [0.2, 0.25) is 5.15 Å². The van der Waals surface area contributed by atoms with Crippen LogP contribution < -0.4 is 16.0 Å². The summed E-state index contributed by atoms with van der Waals surface area (Å²) in [5.41, 5.74) is 7.83. The Labute approximate surface area is 187 Å². The van der Waals surface area contributed by atoms with E-state index in [9.17, 15) is 9.59 Å². The largest absolute Gasteiger partial charge is 0.469 e. The first-order chi connectivity index (χ1) is 14.9. The van der Waals surface area contributed by atoms with Crippen molar-refractivity contribution in [3.8, 4) is 0 Å². The Hall–Kier alpha value is -2.87. The van der Waals surface area contributed by atoms with E-state index in [1.54, 1.807) is 11.9 Å². The van der Waals surface area contributed by atoms with E-state index >= 15 is 0 Å². The van der Waals surface area contributed by atoms with Crippen molar-refractivity contribution in [3.05, 3.63) is 46.4 Å². The van der Waals surface area contributed by atoms with Crippen molar-refractivity contribution in [1.82, 2.24) is 15.3 Å². The number of nitrogen functional groups attached to an aromatic ring is 1. The van der Waals surface area contributed by atoms with Gasteiger partial charge in [0.1, 0.15) is 16.8 Å². The van der Waals surface area contributed by atoms with E-state index in [2.05, 4.69) is 15.3 Å². The van der Waals surface area contributed by atoms with E-state index in [0.717, 1.165) is 31.2 Å². The van der Waals surface area contributed by atoms with Gasteiger partial charge >= 0.3 is 5.97 Å². The number of likely N-dealkylation sites (N-methyl/N-ethyl adjacent to an activating group) is 1. The predicted molar refractivity (Wildman–Crippen MR) is 120 cm³/mol. The summed E-state index contributed by atoms with van der Waals surface area (Å²) in [5, 5.41) is 3.24. The molecule has 0 unspecified atom stereocenters. The molecular formula is C22H28ClN5O3. The molecule has 1 amide bonds. The van der Waals surface area contributed by atoms with Gasteiger partial charge in [0.15, 0.2) is 0 Å². The molecule has 1 aromatic carbocycles. The summed E-state index contributed by atoms with van der Waals surface area (Å²) in [5.74, 6) is 0.383. The van der Waals surface area contributed by atoms with Crippen LogP contribution in [-0.4, -0.2) is 48.6 Å². The standard InChI is InChI=1S/C22H28ClN5O3/c1-28(13-19(29)25-16-5-3-4-6-16)22-17(12-20(30)31-2)21(23)26-18(27-22)11-14-7-9-15(24)10-8-14/h7-10,16H,3-6,11-13,24H2,1-2H3,(H,25,29). The van der Waals surface area contributed by atoms with Gasteiger partial charge in [-0.3, -0.25) is 9.59 Å². The lowest BCUT2D eigenvalue weighted by Crippen LogP contribution is -2.40. The summed E-state index contributed by atoms with van der Waals surface area (Å²) in [7, 11) is 3.06. The first-order valence-electron chi connectivity index (χ1n) is 10.3. The van der Waals surface area contributed by atoms with Crippen LogP contribution in [0.5, 0.6) is 0 Å². The minimum Gasteiger partial charge on any atom is -0.469 e. The quantitative estimate of drug-likeness (QED) is 0.365. The number of benzene rings is 1. The van der Waals surface area contributed by atoms with Gasteiger partial charge in [-0.15, -0.1) is 0 Å². The van der Waals surface area contributed by atoms with Crippen molar-refractivity contribution in [2.45, 2.75) is 44.6 Å². The normalized spacial score (nSPS) is 13.8. The molecule has 0 bridgehead atoms. The van der Waals surface area contributed by atoms with Crippen molar-refractivity contribution in [3.63, 3.8) is 0 Å². The number of carbonyl (C=O) groups is 2. The average molecular weight is 446 g/mol. The summed E-state index contributed by atoms with van der Waals surface area (Å²) in [6.45, 7) is 0.0966. The fraction of sp³-hybridized carbons (Fsp3) is 0.455. The number of hydrogen-bond acceptors (Lipinski definition) is 7. The van der Waals surface area contributed by atoms with Crippen LogP contribution in [0.1, 0.15) is 42.6 Å². The van der Waals surface area contributed by atoms with Gasteiger partial charge in [-0.05, 0) is 30.5 Å². The highest BCUT2D eigenvalue weighted by molar-refractivity contribution is 6.30. The van der Waals surface area contributed by atoms with Crippen molar-refractivity contribution in [2.75, 3.05) is 31.3 Å². The summed E-state index contributed by atoms with van der Waals surface area (Å²) in [6.07, 6.45) is 4.65. The molecule has 0 radical (unpaired) electrons. The second kappa shape index (κ2) is 10.4. The molecule has 31 heavy (non-hydrogen) atoms. The molecule has 0 aliphatic heterocycles. The average Bonchev–Trinajstić information content (AvgIpc) is 3.24. The molecule has 1 aliphatic carbocycles. The summed E-state index contributed by atoms with van der Waals surface area (Å²) >= 11 is 6.44. The molecule has 0 spiro atoms. The van der Waals surface area contributed by atoms with Crippen molar-refractivity contribution < 1.29 is 14.3 Å². The number of amides is 1. The zero-order valence-electron chi connectivity index (χ0n) is 17.9. The lowest BCUT2D eigenvalue weighted by Gasteiger charge is -2.23. The van der Waals surface area contributed by atoms with Crippen LogP contribution in [0.15, 0.2) is 24.3 Å². The number of hydrogen-bond donors (Lipinski definition) is 2. The monoisotopic (exact) mass is 445 g/mol. The number of carbonyl (C=O) groups excluding carboxylic acids is 2. The highest BCUT2D eigenvalue weighted by atomic mass is 35.5. The summed E-state index contributed by atoms with van der Waals surface area (Å²) in [6, 6.07) is 7.64. The molecular weight excluding hydrogens is 418 g/mol.